The molecule has 0 atom stereocenters. The number of thioether (sulfide) groups is 1. The molecule has 0 fully saturated rings. The lowest BCUT2D eigenvalue weighted by molar-refractivity contribution is -0.118. The Morgan fingerprint density at radius 1 is 1.41 bits per heavy atom. The van der Waals surface area contributed by atoms with Crippen LogP contribution in [0.25, 0.3) is 0 Å². The van der Waals surface area contributed by atoms with Crippen molar-refractivity contribution in [3.8, 4) is 11.8 Å². The third kappa shape index (κ3) is 5.43. The van der Waals surface area contributed by atoms with E-state index in [9.17, 15) is 4.79 Å². The van der Waals surface area contributed by atoms with Crippen LogP contribution in [-0.2, 0) is 10.5 Å². The van der Waals surface area contributed by atoms with Crippen molar-refractivity contribution in [2.45, 2.75) is 5.75 Å². The van der Waals surface area contributed by atoms with Gasteiger partial charge < -0.3 is 11.1 Å². The summed E-state index contributed by atoms with van der Waals surface area (Å²) in [4.78, 5) is 11.0. The lowest BCUT2D eigenvalue weighted by atomic mass is 10.1. The average molecular weight is 248 g/mol. The molecule has 0 saturated heterocycles. The van der Waals surface area contributed by atoms with Crippen LogP contribution in [0.3, 0.4) is 0 Å². The van der Waals surface area contributed by atoms with Crippen LogP contribution in [0.1, 0.15) is 11.1 Å². The quantitative estimate of drug-likeness (QED) is 0.781. The maximum Gasteiger partial charge on any atom is 0.229 e. The van der Waals surface area contributed by atoms with E-state index in [0.29, 0.717) is 12.3 Å². The van der Waals surface area contributed by atoms with Crippen LogP contribution in [0.15, 0.2) is 24.3 Å². The number of nitrogens with two attached hydrogens (primary N) is 1. The van der Waals surface area contributed by atoms with E-state index in [1.807, 2.05) is 24.3 Å². The summed E-state index contributed by atoms with van der Waals surface area (Å²) in [5.41, 5.74) is 7.46. The van der Waals surface area contributed by atoms with Gasteiger partial charge in [-0.3, -0.25) is 4.79 Å². The van der Waals surface area contributed by atoms with E-state index < -0.39 is 0 Å². The van der Waals surface area contributed by atoms with E-state index in [1.54, 1.807) is 18.8 Å². The van der Waals surface area contributed by atoms with Crippen molar-refractivity contribution < 1.29 is 4.79 Å². The second-order valence-corrected chi connectivity index (χ2v) is 4.35. The van der Waals surface area contributed by atoms with Crippen molar-refractivity contribution in [1.29, 1.82) is 0 Å². The van der Waals surface area contributed by atoms with Crippen molar-refractivity contribution in [3.05, 3.63) is 35.4 Å². The minimum atomic E-state index is 0.0560. The molecule has 1 amide bonds. The Balaban J connectivity index is 2.43. The molecule has 0 aromatic heterocycles. The van der Waals surface area contributed by atoms with Gasteiger partial charge in [0.25, 0.3) is 0 Å². The van der Waals surface area contributed by atoms with Gasteiger partial charge in [0.05, 0.1) is 12.3 Å². The Labute approximate surface area is 106 Å². The van der Waals surface area contributed by atoms with Gasteiger partial charge in [-0.25, -0.2) is 0 Å². The second-order valence-electron chi connectivity index (χ2n) is 3.37. The van der Waals surface area contributed by atoms with Crippen molar-refractivity contribution in [1.82, 2.24) is 5.32 Å². The van der Waals surface area contributed by atoms with Gasteiger partial charge in [0.15, 0.2) is 0 Å². The van der Waals surface area contributed by atoms with Crippen molar-refractivity contribution in [2.24, 2.45) is 5.73 Å². The van der Waals surface area contributed by atoms with Crippen LogP contribution in [0, 0.1) is 11.8 Å². The molecule has 0 radical (unpaired) electrons. The molecule has 0 aliphatic rings. The Hall–Kier alpha value is -1.44. The SMILES string of the molecule is CNC(=O)CSCc1ccc(C#CCN)cc1. The molecular formula is C13H16N2OS. The first-order valence-corrected chi connectivity index (χ1v) is 6.48. The first-order chi connectivity index (χ1) is 8.26. The van der Waals surface area contributed by atoms with Crippen molar-refractivity contribution in [3.63, 3.8) is 0 Å². The summed E-state index contributed by atoms with van der Waals surface area (Å²) in [5.74, 6) is 7.16. The van der Waals surface area contributed by atoms with Gasteiger partial charge in [-0.05, 0) is 17.7 Å². The maximum absolute atomic E-state index is 11.0. The van der Waals surface area contributed by atoms with Crippen molar-refractivity contribution >= 4 is 17.7 Å². The number of hydrogen-bond donors (Lipinski definition) is 2. The fourth-order valence-electron chi connectivity index (χ4n) is 1.17. The number of nitrogens with one attached hydrogen (secondary N) is 1. The smallest absolute Gasteiger partial charge is 0.229 e. The molecule has 1 rings (SSSR count). The lowest BCUT2D eigenvalue weighted by Gasteiger charge is -2.01. The molecule has 0 bridgehead atoms. The van der Waals surface area contributed by atoms with Gasteiger partial charge in [-0.1, -0.05) is 24.0 Å². The highest BCUT2D eigenvalue weighted by Crippen LogP contribution is 2.12. The first kappa shape index (κ1) is 13.6. The molecule has 0 saturated carbocycles. The highest BCUT2D eigenvalue weighted by Gasteiger charge is 1.98. The topological polar surface area (TPSA) is 55.1 Å². The van der Waals surface area contributed by atoms with Gasteiger partial charge in [0.1, 0.15) is 0 Å². The Morgan fingerprint density at radius 2 is 2.12 bits per heavy atom. The van der Waals surface area contributed by atoms with Crippen LogP contribution in [-0.4, -0.2) is 25.3 Å². The number of benzene rings is 1. The zero-order valence-corrected chi connectivity index (χ0v) is 10.6. The van der Waals surface area contributed by atoms with E-state index in [2.05, 4.69) is 17.2 Å². The molecule has 3 N–H and O–H groups in total. The molecule has 4 heteroatoms. The molecule has 0 heterocycles. The summed E-state index contributed by atoms with van der Waals surface area (Å²) in [5, 5.41) is 2.59. The summed E-state index contributed by atoms with van der Waals surface area (Å²) in [6.45, 7) is 0.379. The summed E-state index contributed by atoms with van der Waals surface area (Å²) >= 11 is 1.59. The molecule has 0 unspecified atom stereocenters. The largest absolute Gasteiger partial charge is 0.358 e. The first-order valence-electron chi connectivity index (χ1n) is 5.32. The molecule has 0 spiro atoms. The van der Waals surface area contributed by atoms with Crippen LogP contribution < -0.4 is 11.1 Å². The van der Waals surface area contributed by atoms with Gasteiger partial charge in [0, 0.05) is 18.4 Å². The van der Waals surface area contributed by atoms with E-state index in [1.165, 1.54) is 5.56 Å². The molecule has 90 valence electrons. The second kappa shape index (κ2) is 7.77. The van der Waals surface area contributed by atoms with E-state index in [-0.39, 0.29) is 5.91 Å². The highest BCUT2D eigenvalue weighted by atomic mass is 32.2. The number of rotatable bonds is 4. The summed E-state index contributed by atoms with van der Waals surface area (Å²) < 4.78 is 0. The van der Waals surface area contributed by atoms with Gasteiger partial charge in [0.2, 0.25) is 5.91 Å². The zero-order valence-electron chi connectivity index (χ0n) is 9.82. The summed E-state index contributed by atoms with van der Waals surface area (Å²) in [6.07, 6.45) is 0. The fraction of sp³-hybridized carbons (Fsp3) is 0.308. The molecule has 17 heavy (non-hydrogen) atoms. The minimum absolute atomic E-state index is 0.0560. The monoisotopic (exact) mass is 248 g/mol. The predicted molar refractivity (Wildman–Crippen MR) is 72.6 cm³/mol. The molecule has 0 aliphatic heterocycles. The van der Waals surface area contributed by atoms with Crippen LogP contribution in [0.5, 0.6) is 0 Å². The van der Waals surface area contributed by atoms with Crippen LogP contribution in [0.2, 0.25) is 0 Å². The van der Waals surface area contributed by atoms with E-state index in [0.717, 1.165) is 11.3 Å². The minimum Gasteiger partial charge on any atom is -0.358 e. The fourth-order valence-corrected chi connectivity index (χ4v) is 2.03. The van der Waals surface area contributed by atoms with E-state index in [4.69, 9.17) is 5.73 Å². The number of carbonyl (C=O) groups is 1. The number of amides is 1. The Kier molecular flexibility index (Phi) is 6.23. The van der Waals surface area contributed by atoms with Crippen molar-refractivity contribution in [2.75, 3.05) is 19.3 Å². The Bertz CT molecular complexity index is 417. The molecule has 3 nitrogen and oxygen atoms in total. The number of hydrogen-bond acceptors (Lipinski definition) is 3. The van der Waals surface area contributed by atoms with Gasteiger partial charge in [-0.2, -0.15) is 0 Å². The van der Waals surface area contributed by atoms with Crippen LogP contribution in [0.4, 0.5) is 0 Å². The predicted octanol–water partition coefficient (Wildman–Crippen LogP) is 0.976. The highest BCUT2D eigenvalue weighted by molar-refractivity contribution is 7.99. The maximum atomic E-state index is 11.0. The third-order valence-electron chi connectivity index (χ3n) is 2.07. The van der Waals surface area contributed by atoms with Crippen LogP contribution >= 0.6 is 11.8 Å². The molecule has 1 aromatic rings. The van der Waals surface area contributed by atoms with Gasteiger partial charge in [-0.15, -0.1) is 11.8 Å². The lowest BCUT2D eigenvalue weighted by Crippen LogP contribution is -2.19. The normalized spacial score (nSPS) is 9.29. The summed E-state index contributed by atoms with van der Waals surface area (Å²) in [6, 6.07) is 7.99. The summed E-state index contributed by atoms with van der Waals surface area (Å²) in [7, 11) is 1.65. The molecular weight excluding hydrogens is 232 g/mol. The zero-order chi connectivity index (χ0) is 12.5. The molecule has 1 aromatic carbocycles. The van der Waals surface area contributed by atoms with E-state index >= 15 is 0 Å². The Morgan fingerprint density at radius 3 is 2.71 bits per heavy atom. The van der Waals surface area contributed by atoms with Gasteiger partial charge >= 0.3 is 0 Å². The third-order valence-corrected chi connectivity index (χ3v) is 3.07. The molecule has 0 aliphatic carbocycles. The standard InChI is InChI=1S/C13H16N2OS/c1-15-13(16)10-17-9-12-6-4-11(5-7-12)3-2-8-14/h4-7H,8-10,14H2,1H3,(H,15,16). The average Bonchev–Trinajstić information content (AvgIpc) is 2.37. The number of carbonyl (C=O) groups excluding carboxylic acids is 1.